The fourth-order valence-corrected chi connectivity index (χ4v) is 4.86. The Balaban J connectivity index is 1.31. The molecule has 1 aromatic heterocycles. The van der Waals surface area contributed by atoms with Crippen LogP contribution in [-0.4, -0.2) is 53.6 Å². The van der Waals surface area contributed by atoms with Gasteiger partial charge in [-0.1, -0.05) is 54.6 Å². The summed E-state index contributed by atoms with van der Waals surface area (Å²) in [7, 11) is -0.765. The van der Waals surface area contributed by atoms with Gasteiger partial charge in [0.15, 0.2) is 0 Å². The van der Waals surface area contributed by atoms with Crippen molar-refractivity contribution in [2.24, 2.45) is 0 Å². The molecule has 2 aliphatic rings. The second-order valence-corrected chi connectivity index (χ2v) is 10.7. The molecule has 1 saturated heterocycles. The fourth-order valence-electron chi connectivity index (χ4n) is 4.86. The van der Waals surface area contributed by atoms with Gasteiger partial charge in [-0.05, 0) is 73.6 Å². The zero-order valence-electron chi connectivity index (χ0n) is 22.4. The second-order valence-electron chi connectivity index (χ2n) is 10.7. The number of pyridine rings is 1. The highest BCUT2D eigenvalue weighted by molar-refractivity contribution is 6.56. The molecule has 5 rings (SSSR count). The van der Waals surface area contributed by atoms with E-state index in [0.29, 0.717) is 11.2 Å². The third-order valence-electron chi connectivity index (χ3n) is 7.66. The van der Waals surface area contributed by atoms with Crippen molar-refractivity contribution >= 4 is 25.3 Å². The van der Waals surface area contributed by atoms with Gasteiger partial charge >= 0.3 is 19.2 Å². The minimum absolute atomic E-state index is 0.0516. The summed E-state index contributed by atoms with van der Waals surface area (Å²) >= 11 is 0. The van der Waals surface area contributed by atoms with Crippen molar-refractivity contribution in [3.8, 4) is 11.1 Å². The van der Waals surface area contributed by atoms with E-state index in [1.807, 2.05) is 52.0 Å². The van der Waals surface area contributed by atoms with E-state index >= 15 is 0 Å². The van der Waals surface area contributed by atoms with E-state index in [1.54, 1.807) is 18.2 Å². The second kappa shape index (κ2) is 10.3. The summed E-state index contributed by atoms with van der Waals surface area (Å²) in [4.78, 5) is 28.5. The predicted molar refractivity (Wildman–Crippen MR) is 148 cm³/mol. The normalized spacial score (nSPS) is 17.4. The zero-order chi connectivity index (χ0) is 27.8. The summed E-state index contributed by atoms with van der Waals surface area (Å²) in [5.74, 6) is -1.18. The molecule has 39 heavy (non-hydrogen) atoms. The Morgan fingerprint density at radius 1 is 0.949 bits per heavy atom. The number of aromatic nitrogens is 1. The average molecular weight is 526 g/mol. The van der Waals surface area contributed by atoms with Crippen LogP contribution < -0.4 is 5.32 Å². The Morgan fingerprint density at radius 3 is 2.13 bits per heavy atom. The van der Waals surface area contributed by atoms with Crippen LogP contribution in [0.2, 0.25) is 0 Å². The molecule has 0 bridgehead atoms. The molecule has 0 atom stereocenters. The zero-order valence-corrected chi connectivity index (χ0v) is 22.4. The van der Waals surface area contributed by atoms with Gasteiger partial charge < -0.3 is 24.5 Å². The van der Waals surface area contributed by atoms with Crippen molar-refractivity contribution in [2.45, 2.75) is 44.8 Å². The number of hydrogen-bond acceptors (Lipinski definition) is 6. The maximum Gasteiger partial charge on any atom is 0.492 e. The molecule has 8 nitrogen and oxygen atoms in total. The number of nitrogens with zero attached hydrogens (tertiary/aromatic N) is 1. The maximum absolute atomic E-state index is 12.9. The number of aromatic carboxylic acids is 1. The van der Waals surface area contributed by atoms with Crippen LogP contribution >= 0.6 is 0 Å². The Labute approximate surface area is 228 Å². The molecule has 2 N–H and O–H groups in total. The van der Waals surface area contributed by atoms with Crippen molar-refractivity contribution in [3.63, 3.8) is 0 Å². The standard InChI is InChI=1S/C30H31BN2O6/c1-29(2)30(3,4)39-31(38-29)19(16-20-10-9-15-26(33-20)27(34)35)17-32-28(36)37-18-25-23-13-7-5-11-21(23)22-12-6-8-14-24(22)25/h5-16,25H,17-18H2,1-4H3,(H,32,36)(H,34,35). The topological polar surface area (TPSA) is 107 Å². The maximum atomic E-state index is 12.9. The Bertz CT molecular complexity index is 1390. The summed E-state index contributed by atoms with van der Waals surface area (Å²) in [6, 6.07) is 21.0. The van der Waals surface area contributed by atoms with Crippen LogP contribution in [0.3, 0.4) is 0 Å². The summed E-state index contributed by atoms with van der Waals surface area (Å²) in [5, 5.41) is 12.1. The molecule has 1 aliphatic heterocycles. The van der Waals surface area contributed by atoms with Gasteiger partial charge in [-0.15, -0.1) is 0 Å². The molecule has 2 aromatic carbocycles. The lowest BCUT2D eigenvalue weighted by molar-refractivity contribution is 0.00578. The van der Waals surface area contributed by atoms with Crippen molar-refractivity contribution < 1.29 is 28.7 Å². The summed E-state index contributed by atoms with van der Waals surface area (Å²) < 4.78 is 18.1. The van der Waals surface area contributed by atoms with E-state index in [2.05, 4.69) is 34.6 Å². The number of rotatable bonds is 7. The molecule has 9 heteroatoms. The Morgan fingerprint density at radius 2 is 1.54 bits per heavy atom. The highest BCUT2D eigenvalue weighted by atomic mass is 16.7. The van der Waals surface area contributed by atoms with Crippen molar-refractivity contribution in [1.29, 1.82) is 0 Å². The van der Waals surface area contributed by atoms with Crippen LogP contribution in [0.25, 0.3) is 17.2 Å². The molecule has 2 heterocycles. The van der Waals surface area contributed by atoms with E-state index in [9.17, 15) is 14.7 Å². The summed E-state index contributed by atoms with van der Waals surface area (Å²) in [6.07, 6.45) is 1.10. The number of hydrogen-bond donors (Lipinski definition) is 2. The van der Waals surface area contributed by atoms with Crippen molar-refractivity contribution in [2.75, 3.05) is 13.2 Å². The minimum atomic E-state index is -1.13. The molecule has 1 fully saturated rings. The smallest absolute Gasteiger partial charge is 0.477 e. The first-order valence-electron chi connectivity index (χ1n) is 12.9. The van der Waals surface area contributed by atoms with Crippen LogP contribution in [0, 0.1) is 0 Å². The molecule has 0 unspecified atom stereocenters. The molecule has 3 aromatic rings. The summed E-state index contributed by atoms with van der Waals surface area (Å²) in [5.41, 5.74) is 4.29. The highest BCUT2D eigenvalue weighted by Gasteiger charge is 2.52. The number of amides is 1. The van der Waals surface area contributed by atoms with Crippen LogP contribution in [0.4, 0.5) is 4.79 Å². The number of fused-ring (bicyclic) bond motifs is 3. The van der Waals surface area contributed by atoms with Gasteiger partial charge in [0.2, 0.25) is 0 Å². The fraction of sp³-hybridized carbons (Fsp3) is 0.300. The Hall–Kier alpha value is -3.95. The van der Waals surface area contributed by atoms with Gasteiger partial charge in [0.1, 0.15) is 12.3 Å². The van der Waals surface area contributed by atoms with Gasteiger partial charge in [-0.25, -0.2) is 14.6 Å². The molecule has 0 spiro atoms. The van der Waals surface area contributed by atoms with E-state index in [4.69, 9.17) is 14.0 Å². The lowest BCUT2D eigenvalue weighted by Crippen LogP contribution is -2.41. The lowest BCUT2D eigenvalue weighted by Gasteiger charge is -2.32. The third-order valence-corrected chi connectivity index (χ3v) is 7.66. The molecule has 1 amide bonds. The van der Waals surface area contributed by atoms with E-state index in [1.165, 1.54) is 6.07 Å². The lowest BCUT2D eigenvalue weighted by atomic mass is 9.77. The molecular weight excluding hydrogens is 495 g/mol. The summed E-state index contributed by atoms with van der Waals surface area (Å²) in [6.45, 7) is 8.00. The Kier molecular flexibility index (Phi) is 7.05. The molecular formula is C30H31BN2O6. The van der Waals surface area contributed by atoms with Crippen LogP contribution in [0.15, 0.2) is 72.2 Å². The first kappa shape index (κ1) is 26.7. The van der Waals surface area contributed by atoms with E-state index in [0.717, 1.165) is 22.3 Å². The number of carboxylic acid groups (broad SMARTS) is 1. The van der Waals surface area contributed by atoms with Crippen LogP contribution in [0.5, 0.6) is 0 Å². The molecule has 1 aliphatic carbocycles. The first-order valence-corrected chi connectivity index (χ1v) is 12.9. The number of carboxylic acids is 1. The van der Waals surface area contributed by atoms with Crippen LogP contribution in [0.1, 0.15) is 60.9 Å². The van der Waals surface area contributed by atoms with Gasteiger partial charge in [0.05, 0.1) is 16.9 Å². The molecule has 0 saturated carbocycles. The number of carbonyl (C=O) groups excluding carboxylic acids is 1. The predicted octanol–water partition coefficient (Wildman–Crippen LogP) is 5.33. The number of ether oxygens (including phenoxy) is 1. The van der Waals surface area contributed by atoms with Crippen molar-refractivity contribution in [3.05, 3.63) is 94.7 Å². The monoisotopic (exact) mass is 526 g/mol. The average Bonchev–Trinajstić information content (AvgIpc) is 3.34. The number of nitrogens with one attached hydrogen (secondary N) is 1. The quantitative estimate of drug-likeness (QED) is 0.401. The van der Waals surface area contributed by atoms with E-state index < -0.39 is 30.4 Å². The third kappa shape index (κ3) is 5.33. The van der Waals surface area contributed by atoms with Gasteiger partial charge in [0.25, 0.3) is 0 Å². The SMILES string of the molecule is CC1(C)OB(C(=Cc2cccc(C(=O)O)n2)CNC(=O)OCC2c3ccccc3-c3ccccc32)OC1(C)C. The molecule has 0 radical (unpaired) electrons. The van der Waals surface area contributed by atoms with E-state index in [-0.39, 0.29) is 24.8 Å². The number of benzene rings is 2. The number of carbonyl (C=O) groups is 2. The van der Waals surface area contributed by atoms with Crippen molar-refractivity contribution in [1.82, 2.24) is 10.3 Å². The number of alkyl carbamates (subject to hydrolysis) is 1. The van der Waals surface area contributed by atoms with Gasteiger partial charge in [-0.2, -0.15) is 0 Å². The molecule has 200 valence electrons. The first-order chi connectivity index (χ1) is 18.6. The minimum Gasteiger partial charge on any atom is -0.477 e. The van der Waals surface area contributed by atoms with Crippen LogP contribution in [-0.2, 0) is 14.0 Å². The van der Waals surface area contributed by atoms with Gasteiger partial charge in [0, 0.05) is 12.5 Å². The highest BCUT2D eigenvalue weighted by Crippen LogP contribution is 2.44. The largest absolute Gasteiger partial charge is 0.492 e. The van der Waals surface area contributed by atoms with Gasteiger partial charge in [-0.3, -0.25) is 0 Å².